The van der Waals surface area contributed by atoms with Crippen LogP contribution in [0.25, 0.3) is 21.5 Å². The maximum Gasteiger partial charge on any atom is 0.260 e. The van der Waals surface area contributed by atoms with E-state index in [9.17, 15) is 9.59 Å². The fraction of sp³-hybridized carbons (Fsp3) is 0.421. The van der Waals surface area contributed by atoms with Crippen molar-refractivity contribution < 1.29 is 9.21 Å². The third kappa shape index (κ3) is 3.82. The monoisotopic (exact) mass is 403 g/mol. The molecule has 1 fully saturated rings. The van der Waals surface area contributed by atoms with Gasteiger partial charge >= 0.3 is 0 Å². The zero-order valence-electron chi connectivity index (χ0n) is 15.1. The molecule has 27 heavy (non-hydrogen) atoms. The number of amides is 1. The number of fused-ring (bicyclic) bond motifs is 1. The highest BCUT2D eigenvalue weighted by atomic mass is 32.2. The Hall–Kier alpha value is -2.06. The van der Waals surface area contributed by atoms with Crippen LogP contribution >= 0.6 is 23.1 Å². The number of H-pyrrole nitrogens is 1. The van der Waals surface area contributed by atoms with Crippen molar-refractivity contribution in [2.75, 3.05) is 18.8 Å². The molecule has 4 heterocycles. The van der Waals surface area contributed by atoms with E-state index in [0.29, 0.717) is 27.6 Å². The number of nitrogens with one attached hydrogen (secondary N) is 1. The summed E-state index contributed by atoms with van der Waals surface area (Å²) in [4.78, 5) is 35.2. The quantitative estimate of drug-likeness (QED) is 0.695. The maximum atomic E-state index is 12.7. The Morgan fingerprint density at radius 1 is 1.41 bits per heavy atom. The summed E-state index contributed by atoms with van der Waals surface area (Å²) in [5, 5.41) is 2.39. The number of nitrogens with zero attached hydrogens (tertiary/aromatic N) is 2. The van der Waals surface area contributed by atoms with Gasteiger partial charge in [0.2, 0.25) is 5.91 Å². The Morgan fingerprint density at radius 2 is 2.22 bits per heavy atom. The van der Waals surface area contributed by atoms with Crippen LogP contribution in [-0.4, -0.2) is 39.6 Å². The van der Waals surface area contributed by atoms with Gasteiger partial charge in [-0.15, -0.1) is 23.1 Å². The van der Waals surface area contributed by atoms with E-state index in [1.807, 2.05) is 23.3 Å². The van der Waals surface area contributed by atoms with Crippen molar-refractivity contribution in [2.24, 2.45) is 0 Å². The first-order valence-corrected chi connectivity index (χ1v) is 11.0. The van der Waals surface area contributed by atoms with Gasteiger partial charge in [0.15, 0.2) is 0 Å². The van der Waals surface area contributed by atoms with Crippen LogP contribution in [-0.2, 0) is 4.79 Å². The summed E-state index contributed by atoms with van der Waals surface area (Å²) in [6.45, 7) is 3.69. The van der Waals surface area contributed by atoms with Gasteiger partial charge in [-0.1, -0.05) is 0 Å². The van der Waals surface area contributed by atoms with Gasteiger partial charge in [-0.25, -0.2) is 4.98 Å². The van der Waals surface area contributed by atoms with E-state index in [1.54, 1.807) is 12.3 Å². The normalized spacial score (nSPS) is 16.0. The van der Waals surface area contributed by atoms with E-state index in [1.165, 1.54) is 29.5 Å². The molecule has 0 radical (unpaired) electrons. The number of thioether (sulfide) groups is 1. The summed E-state index contributed by atoms with van der Waals surface area (Å²) in [6, 6.07) is 3.63. The summed E-state index contributed by atoms with van der Waals surface area (Å²) >= 11 is 2.94. The van der Waals surface area contributed by atoms with E-state index in [-0.39, 0.29) is 16.7 Å². The molecule has 142 valence electrons. The molecule has 1 saturated heterocycles. The molecule has 0 aromatic carbocycles. The van der Waals surface area contributed by atoms with Crippen LogP contribution in [0.15, 0.2) is 33.0 Å². The van der Waals surface area contributed by atoms with Gasteiger partial charge in [0.1, 0.15) is 16.4 Å². The predicted molar refractivity (Wildman–Crippen MR) is 109 cm³/mol. The third-order valence-electron chi connectivity index (χ3n) is 4.80. The second kappa shape index (κ2) is 7.90. The van der Waals surface area contributed by atoms with Gasteiger partial charge in [0.25, 0.3) is 5.56 Å². The highest BCUT2D eigenvalue weighted by Crippen LogP contribution is 2.33. The van der Waals surface area contributed by atoms with E-state index >= 15 is 0 Å². The zero-order chi connectivity index (χ0) is 18.8. The average Bonchev–Trinajstić information content (AvgIpc) is 3.36. The molecule has 1 amide bonds. The Kier molecular flexibility index (Phi) is 5.36. The second-order valence-electron chi connectivity index (χ2n) is 6.65. The van der Waals surface area contributed by atoms with Crippen LogP contribution in [0.4, 0.5) is 0 Å². The average molecular weight is 404 g/mol. The van der Waals surface area contributed by atoms with E-state index in [0.717, 1.165) is 31.5 Å². The molecular weight excluding hydrogens is 382 g/mol. The zero-order valence-corrected chi connectivity index (χ0v) is 16.7. The highest BCUT2D eigenvalue weighted by Gasteiger charge is 2.20. The van der Waals surface area contributed by atoms with Crippen molar-refractivity contribution >= 4 is 39.2 Å². The Balaban J connectivity index is 1.50. The molecule has 3 aromatic rings. The number of carbonyl (C=O) groups excluding carboxylic acids is 1. The lowest BCUT2D eigenvalue weighted by molar-refractivity contribution is -0.129. The van der Waals surface area contributed by atoms with Crippen LogP contribution < -0.4 is 5.56 Å². The number of piperidine rings is 1. The standard InChI is InChI=1S/C19H21N3O3S2/c1-12(26-11-15(23)22-7-3-2-4-8-22)17-20-18(24)16-13(10-27-19(16)21-17)14-6-5-9-25-14/h5-6,9-10,12H,2-4,7-8,11H2,1H3,(H,20,21,24)/t12-/m0/s1. The Labute approximate surface area is 165 Å². The first-order chi connectivity index (χ1) is 13.1. The van der Waals surface area contributed by atoms with Crippen molar-refractivity contribution in [3.63, 3.8) is 0 Å². The fourth-order valence-corrected chi connectivity index (χ4v) is 5.06. The number of hydrogen-bond acceptors (Lipinski definition) is 6. The molecule has 0 bridgehead atoms. The van der Waals surface area contributed by atoms with E-state index in [2.05, 4.69) is 9.97 Å². The highest BCUT2D eigenvalue weighted by molar-refractivity contribution is 8.00. The summed E-state index contributed by atoms with van der Waals surface area (Å²) in [7, 11) is 0. The van der Waals surface area contributed by atoms with Gasteiger partial charge in [0, 0.05) is 24.0 Å². The molecule has 0 saturated carbocycles. The molecular formula is C19H21N3O3S2. The number of rotatable bonds is 5. The molecule has 1 atom stereocenters. The minimum absolute atomic E-state index is 0.0648. The van der Waals surface area contributed by atoms with Crippen LogP contribution in [0.5, 0.6) is 0 Å². The number of aromatic nitrogens is 2. The van der Waals surface area contributed by atoms with Crippen LogP contribution in [0.3, 0.4) is 0 Å². The van der Waals surface area contributed by atoms with Gasteiger partial charge in [-0.2, -0.15) is 0 Å². The summed E-state index contributed by atoms with van der Waals surface area (Å²) < 4.78 is 5.42. The van der Waals surface area contributed by atoms with Crippen LogP contribution in [0, 0.1) is 0 Å². The Morgan fingerprint density at radius 3 is 2.96 bits per heavy atom. The molecule has 1 aliphatic heterocycles. The molecule has 4 rings (SSSR count). The smallest absolute Gasteiger partial charge is 0.260 e. The molecule has 0 spiro atoms. The number of likely N-dealkylation sites (tertiary alicyclic amines) is 1. The number of furan rings is 1. The van der Waals surface area contributed by atoms with Crippen LogP contribution in [0.2, 0.25) is 0 Å². The predicted octanol–water partition coefficient (Wildman–Crippen LogP) is 4.05. The van der Waals surface area contributed by atoms with Gasteiger partial charge in [-0.05, 0) is 38.3 Å². The molecule has 1 N–H and O–H groups in total. The van der Waals surface area contributed by atoms with Crippen molar-refractivity contribution in [2.45, 2.75) is 31.4 Å². The van der Waals surface area contributed by atoms with Crippen molar-refractivity contribution in [3.8, 4) is 11.3 Å². The number of thiophene rings is 1. The summed E-state index contributed by atoms with van der Waals surface area (Å²) in [5.41, 5.74) is 0.596. The molecule has 3 aromatic heterocycles. The second-order valence-corrected chi connectivity index (χ2v) is 8.84. The topological polar surface area (TPSA) is 79.2 Å². The molecule has 8 heteroatoms. The number of carbonyl (C=O) groups is 1. The molecule has 6 nitrogen and oxygen atoms in total. The molecule has 0 unspecified atom stereocenters. The third-order valence-corrected chi connectivity index (χ3v) is 6.81. The molecule has 1 aliphatic rings. The first kappa shape index (κ1) is 18.3. The van der Waals surface area contributed by atoms with Gasteiger partial charge < -0.3 is 14.3 Å². The summed E-state index contributed by atoms with van der Waals surface area (Å²) in [6.07, 6.45) is 4.98. The summed E-state index contributed by atoms with van der Waals surface area (Å²) in [5.74, 6) is 1.85. The first-order valence-electron chi connectivity index (χ1n) is 9.08. The minimum atomic E-state index is -0.169. The van der Waals surface area contributed by atoms with Crippen molar-refractivity contribution in [1.29, 1.82) is 0 Å². The van der Waals surface area contributed by atoms with Gasteiger partial charge in [-0.3, -0.25) is 9.59 Å². The van der Waals surface area contributed by atoms with Crippen molar-refractivity contribution in [1.82, 2.24) is 14.9 Å². The van der Waals surface area contributed by atoms with Crippen molar-refractivity contribution in [3.05, 3.63) is 40.0 Å². The minimum Gasteiger partial charge on any atom is -0.464 e. The lowest BCUT2D eigenvalue weighted by Gasteiger charge is -2.26. The lowest BCUT2D eigenvalue weighted by atomic mass is 10.1. The SMILES string of the molecule is C[C@H](SCC(=O)N1CCCCC1)c1nc2scc(-c3ccco3)c2c(=O)[nH]1. The van der Waals surface area contributed by atoms with E-state index < -0.39 is 0 Å². The number of aromatic amines is 1. The largest absolute Gasteiger partial charge is 0.464 e. The maximum absolute atomic E-state index is 12.7. The Bertz CT molecular complexity index is 987. The lowest BCUT2D eigenvalue weighted by Crippen LogP contribution is -2.36. The van der Waals surface area contributed by atoms with E-state index in [4.69, 9.17) is 4.42 Å². The molecule has 0 aliphatic carbocycles. The van der Waals surface area contributed by atoms with Crippen LogP contribution in [0.1, 0.15) is 37.3 Å². The fourth-order valence-electron chi connectivity index (χ4n) is 3.28. The van der Waals surface area contributed by atoms with Gasteiger partial charge in [0.05, 0.1) is 22.7 Å². The number of hydrogen-bond donors (Lipinski definition) is 1.